The van der Waals surface area contributed by atoms with E-state index in [0.717, 1.165) is 17.0 Å². The summed E-state index contributed by atoms with van der Waals surface area (Å²) in [5.41, 5.74) is 1.85. The van der Waals surface area contributed by atoms with Gasteiger partial charge in [0.15, 0.2) is 0 Å². The quantitative estimate of drug-likeness (QED) is 0.883. The van der Waals surface area contributed by atoms with Gasteiger partial charge in [-0.1, -0.05) is 30.3 Å². The molecule has 0 radical (unpaired) electrons. The molecular formula is C18H19NO3. The summed E-state index contributed by atoms with van der Waals surface area (Å²) in [5, 5.41) is 9.97. The minimum atomic E-state index is -0.681. The van der Waals surface area contributed by atoms with Crippen LogP contribution in [0.25, 0.3) is 0 Å². The molecule has 0 spiro atoms. The Bertz CT molecular complexity index is 652. The first-order valence-electron chi connectivity index (χ1n) is 7.33. The number of para-hydroxylation sites is 1. The van der Waals surface area contributed by atoms with E-state index in [0.29, 0.717) is 0 Å². The van der Waals surface area contributed by atoms with Crippen molar-refractivity contribution >= 4 is 11.6 Å². The van der Waals surface area contributed by atoms with Gasteiger partial charge >= 0.3 is 0 Å². The van der Waals surface area contributed by atoms with Crippen LogP contribution < -0.4 is 9.64 Å². The molecule has 114 valence electrons. The molecule has 3 rings (SSSR count). The van der Waals surface area contributed by atoms with Gasteiger partial charge < -0.3 is 14.7 Å². The van der Waals surface area contributed by atoms with Crippen molar-refractivity contribution in [1.82, 2.24) is 0 Å². The van der Waals surface area contributed by atoms with Gasteiger partial charge in [0.05, 0.1) is 25.2 Å². The molecule has 4 heteroatoms. The van der Waals surface area contributed by atoms with Gasteiger partial charge in [-0.05, 0) is 36.8 Å². The van der Waals surface area contributed by atoms with E-state index < -0.39 is 12.0 Å². The van der Waals surface area contributed by atoms with E-state index in [-0.39, 0.29) is 11.9 Å². The third-order valence-electron chi connectivity index (χ3n) is 4.15. The van der Waals surface area contributed by atoms with Crippen molar-refractivity contribution in [1.29, 1.82) is 0 Å². The van der Waals surface area contributed by atoms with Crippen LogP contribution in [-0.2, 0) is 4.79 Å². The number of hydrogen-bond donors (Lipinski definition) is 1. The molecule has 2 aromatic rings. The number of rotatable bonds is 4. The van der Waals surface area contributed by atoms with Gasteiger partial charge in [0.25, 0.3) is 0 Å². The lowest BCUT2D eigenvalue weighted by molar-refractivity contribution is -0.135. The summed E-state index contributed by atoms with van der Waals surface area (Å²) < 4.78 is 5.18. The van der Waals surface area contributed by atoms with Crippen LogP contribution in [0.3, 0.4) is 0 Å². The topological polar surface area (TPSA) is 49.8 Å². The predicted octanol–water partition coefficient (Wildman–Crippen LogP) is 2.78. The zero-order valence-electron chi connectivity index (χ0n) is 12.6. The molecule has 3 atom stereocenters. The molecule has 0 aromatic heterocycles. The Labute approximate surface area is 130 Å². The number of methoxy groups -OCH3 is 1. The Hall–Kier alpha value is -2.33. The summed E-state index contributed by atoms with van der Waals surface area (Å²) in [4.78, 5) is 14.2. The lowest BCUT2D eigenvalue weighted by Gasteiger charge is -2.48. The number of hydrogen-bond acceptors (Lipinski definition) is 3. The molecule has 1 N–H and O–H groups in total. The number of carbonyl (C=O) groups excluding carboxylic acids is 1. The number of aliphatic hydroxyl groups is 1. The number of benzene rings is 2. The van der Waals surface area contributed by atoms with Crippen LogP contribution in [0.2, 0.25) is 0 Å². The van der Waals surface area contributed by atoms with Crippen LogP contribution in [-0.4, -0.2) is 24.2 Å². The highest BCUT2D eigenvalue weighted by molar-refractivity contribution is 6.03. The van der Waals surface area contributed by atoms with E-state index in [1.807, 2.05) is 54.6 Å². The Morgan fingerprint density at radius 1 is 1.09 bits per heavy atom. The van der Waals surface area contributed by atoms with Gasteiger partial charge in [0, 0.05) is 5.69 Å². The van der Waals surface area contributed by atoms with Gasteiger partial charge in [-0.15, -0.1) is 0 Å². The largest absolute Gasteiger partial charge is 0.497 e. The first-order chi connectivity index (χ1) is 10.6. The molecule has 0 saturated carbocycles. The SMILES string of the molecule is COc1ccc([C@H]2[C@@H](C(C)O)C(=O)N2c2ccccc2)cc1. The maximum Gasteiger partial charge on any atom is 0.235 e. The van der Waals surface area contributed by atoms with E-state index in [9.17, 15) is 9.90 Å². The normalized spacial score (nSPS) is 22.1. The molecule has 0 bridgehead atoms. The summed E-state index contributed by atoms with van der Waals surface area (Å²) in [6.07, 6.45) is -0.681. The number of β-lactam (4-membered cyclic amide) rings is 1. The highest BCUT2D eigenvalue weighted by atomic mass is 16.5. The Balaban J connectivity index is 1.97. The summed E-state index contributed by atoms with van der Waals surface area (Å²) in [7, 11) is 1.62. The fraction of sp³-hybridized carbons (Fsp3) is 0.278. The standard InChI is InChI=1S/C18H19NO3/c1-12(20)16-17(13-8-10-15(22-2)11-9-13)19(18(16)21)14-6-4-3-5-7-14/h3-12,16-17,20H,1-2H3/t12?,16-,17+/m1/s1. The molecule has 1 amide bonds. The van der Waals surface area contributed by atoms with Crippen LogP contribution in [0, 0.1) is 5.92 Å². The summed E-state index contributed by atoms with van der Waals surface area (Å²) in [6.45, 7) is 1.67. The number of nitrogens with zero attached hydrogens (tertiary/aromatic N) is 1. The average Bonchev–Trinajstić information content (AvgIpc) is 2.53. The molecule has 1 aliphatic heterocycles. The predicted molar refractivity (Wildman–Crippen MR) is 84.8 cm³/mol. The first kappa shape index (κ1) is 14.6. The van der Waals surface area contributed by atoms with E-state index in [1.165, 1.54) is 0 Å². The molecule has 0 aliphatic carbocycles. The second-order valence-corrected chi connectivity index (χ2v) is 5.53. The van der Waals surface area contributed by atoms with Crippen LogP contribution >= 0.6 is 0 Å². The number of aliphatic hydroxyl groups excluding tert-OH is 1. The fourth-order valence-corrected chi connectivity index (χ4v) is 3.02. The smallest absolute Gasteiger partial charge is 0.235 e. The monoisotopic (exact) mass is 297 g/mol. The van der Waals surface area contributed by atoms with Crippen molar-refractivity contribution in [3.8, 4) is 5.75 Å². The van der Waals surface area contributed by atoms with Gasteiger partial charge in [-0.25, -0.2) is 0 Å². The molecule has 1 aliphatic rings. The lowest BCUT2D eigenvalue weighted by Crippen LogP contribution is -2.58. The molecule has 1 saturated heterocycles. The minimum Gasteiger partial charge on any atom is -0.497 e. The summed E-state index contributed by atoms with van der Waals surface area (Å²) >= 11 is 0. The Kier molecular flexibility index (Phi) is 3.86. The van der Waals surface area contributed by atoms with E-state index in [4.69, 9.17) is 4.74 Å². The van der Waals surface area contributed by atoms with Crippen molar-refractivity contribution in [2.45, 2.75) is 19.1 Å². The van der Waals surface area contributed by atoms with Crippen molar-refractivity contribution in [3.05, 3.63) is 60.2 Å². The number of carbonyl (C=O) groups is 1. The lowest BCUT2D eigenvalue weighted by atomic mass is 9.78. The van der Waals surface area contributed by atoms with E-state index >= 15 is 0 Å². The van der Waals surface area contributed by atoms with Gasteiger partial charge in [-0.3, -0.25) is 4.79 Å². The average molecular weight is 297 g/mol. The van der Waals surface area contributed by atoms with Crippen LogP contribution in [0.5, 0.6) is 5.75 Å². The van der Waals surface area contributed by atoms with Gasteiger partial charge in [-0.2, -0.15) is 0 Å². The minimum absolute atomic E-state index is 0.0398. The molecule has 1 unspecified atom stereocenters. The van der Waals surface area contributed by atoms with Crippen LogP contribution in [0.15, 0.2) is 54.6 Å². The maximum atomic E-state index is 12.5. The molecule has 2 aromatic carbocycles. The first-order valence-corrected chi connectivity index (χ1v) is 7.33. The van der Waals surface area contributed by atoms with E-state index in [1.54, 1.807) is 18.9 Å². The molecule has 4 nitrogen and oxygen atoms in total. The summed E-state index contributed by atoms with van der Waals surface area (Å²) in [6, 6.07) is 17.0. The van der Waals surface area contributed by atoms with Crippen molar-refractivity contribution in [2.75, 3.05) is 12.0 Å². The zero-order valence-corrected chi connectivity index (χ0v) is 12.6. The molecule has 1 fully saturated rings. The second kappa shape index (κ2) is 5.81. The second-order valence-electron chi connectivity index (χ2n) is 5.53. The molecule has 22 heavy (non-hydrogen) atoms. The maximum absolute atomic E-state index is 12.5. The number of anilines is 1. The third kappa shape index (κ3) is 2.35. The van der Waals surface area contributed by atoms with Crippen molar-refractivity contribution in [2.24, 2.45) is 5.92 Å². The van der Waals surface area contributed by atoms with E-state index in [2.05, 4.69) is 0 Å². The van der Waals surface area contributed by atoms with Crippen molar-refractivity contribution in [3.63, 3.8) is 0 Å². The van der Waals surface area contributed by atoms with Crippen LogP contribution in [0.1, 0.15) is 18.5 Å². The van der Waals surface area contributed by atoms with Gasteiger partial charge in [0.1, 0.15) is 5.75 Å². The highest BCUT2D eigenvalue weighted by Crippen LogP contribution is 2.45. The van der Waals surface area contributed by atoms with Crippen molar-refractivity contribution < 1.29 is 14.6 Å². The zero-order chi connectivity index (χ0) is 15.7. The highest BCUT2D eigenvalue weighted by Gasteiger charge is 2.50. The Morgan fingerprint density at radius 3 is 2.27 bits per heavy atom. The molecular weight excluding hydrogens is 278 g/mol. The number of amides is 1. The van der Waals surface area contributed by atoms with Crippen LogP contribution in [0.4, 0.5) is 5.69 Å². The van der Waals surface area contributed by atoms with Gasteiger partial charge in [0.2, 0.25) is 5.91 Å². The Morgan fingerprint density at radius 2 is 1.73 bits per heavy atom. The fourth-order valence-electron chi connectivity index (χ4n) is 3.02. The third-order valence-corrected chi connectivity index (χ3v) is 4.15. The number of ether oxygens (including phenoxy) is 1. The molecule has 1 heterocycles. The summed E-state index contributed by atoms with van der Waals surface area (Å²) in [5.74, 6) is 0.324.